The van der Waals surface area contributed by atoms with Gasteiger partial charge in [-0.3, -0.25) is 9.52 Å². The summed E-state index contributed by atoms with van der Waals surface area (Å²) >= 11 is 1.25. The predicted octanol–water partition coefficient (Wildman–Crippen LogP) is 2.62. The number of sulfonamides is 2. The van der Waals surface area contributed by atoms with E-state index in [0.29, 0.717) is 10.4 Å². The third-order valence-corrected chi connectivity index (χ3v) is 8.38. The minimum Gasteiger partial charge on any atom is -0.505 e. The van der Waals surface area contributed by atoms with E-state index in [2.05, 4.69) is 19.5 Å². The maximum absolute atomic E-state index is 13.6. The summed E-state index contributed by atoms with van der Waals surface area (Å²) in [5, 5.41) is 20.0. The van der Waals surface area contributed by atoms with Gasteiger partial charge in [-0.15, -0.1) is 15.7 Å². The molecular formula is C24H24FN5O6S3. The molecule has 15 heteroatoms. The van der Waals surface area contributed by atoms with Gasteiger partial charge >= 0.3 is 0 Å². The smallest absolute Gasteiger partial charge is 0.286 e. The average molecular weight is 594 g/mol. The molecule has 0 atom stereocenters. The number of rotatable bonds is 8. The van der Waals surface area contributed by atoms with E-state index in [1.165, 1.54) is 42.5 Å². The maximum atomic E-state index is 13.6. The first-order chi connectivity index (χ1) is 18.3. The molecule has 0 saturated carbocycles. The standard InChI is InChI=1S/C24H24FN5O6S3/c1-4-17-19(12-14(2)28-38(3,33)34)39(35,36)29-23(26-17)20-22(31)21(18-6-5-11-37-18)27-30(24(20)32)13-15-7-9-16(25)10-8-15/h5-12,28,31H,4,13H2,1-3H3,(H,26,29)/b14-12+. The van der Waals surface area contributed by atoms with Crippen LogP contribution in [-0.2, 0) is 26.6 Å². The van der Waals surface area contributed by atoms with E-state index in [9.17, 15) is 31.1 Å². The van der Waals surface area contributed by atoms with E-state index in [0.717, 1.165) is 17.0 Å². The lowest BCUT2D eigenvalue weighted by Crippen LogP contribution is -2.38. The van der Waals surface area contributed by atoms with Gasteiger partial charge in [0.1, 0.15) is 22.0 Å². The Labute approximate surface area is 228 Å². The number of hydrogen-bond acceptors (Lipinski definition) is 9. The zero-order valence-electron chi connectivity index (χ0n) is 21.0. The van der Waals surface area contributed by atoms with Crippen LogP contribution in [0.1, 0.15) is 31.4 Å². The first kappa shape index (κ1) is 28.2. The highest BCUT2D eigenvalue weighted by Crippen LogP contribution is 2.33. The molecule has 0 spiro atoms. The number of benzene rings is 1. The zero-order chi connectivity index (χ0) is 28.5. The Kier molecular flexibility index (Phi) is 7.77. The molecule has 1 aliphatic heterocycles. The highest BCUT2D eigenvalue weighted by atomic mass is 32.2. The molecule has 1 aliphatic rings. The van der Waals surface area contributed by atoms with Gasteiger partial charge in [0.25, 0.3) is 15.6 Å². The fourth-order valence-electron chi connectivity index (χ4n) is 3.83. The van der Waals surface area contributed by atoms with Crippen LogP contribution < -0.4 is 15.6 Å². The molecule has 11 nitrogen and oxygen atoms in total. The lowest BCUT2D eigenvalue weighted by Gasteiger charge is -2.21. The van der Waals surface area contributed by atoms with E-state index in [1.807, 2.05) is 0 Å². The van der Waals surface area contributed by atoms with Crippen LogP contribution in [0.2, 0.25) is 0 Å². The van der Waals surface area contributed by atoms with Crippen molar-refractivity contribution < 1.29 is 26.3 Å². The van der Waals surface area contributed by atoms with Gasteiger partial charge in [-0.1, -0.05) is 25.1 Å². The average Bonchev–Trinajstić information content (AvgIpc) is 3.37. The molecule has 0 bridgehead atoms. The first-order valence-corrected chi connectivity index (χ1v) is 15.6. The van der Waals surface area contributed by atoms with Gasteiger partial charge < -0.3 is 10.4 Å². The monoisotopic (exact) mass is 593 g/mol. The summed E-state index contributed by atoms with van der Waals surface area (Å²) in [4.78, 5) is 13.8. The van der Waals surface area contributed by atoms with Crippen molar-refractivity contribution in [2.75, 3.05) is 6.26 Å². The second-order valence-electron chi connectivity index (χ2n) is 8.58. The fraction of sp³-hybridized carbons (Fsp3) is 0.208. The van der Waals surface area contributed by atoms with Crippen LogP contribution in [0.3, 0.4) is 0 Å². The number of amidine groups is 1. The summed E-state index contributed by atoms with van der Waals surface area (Å²) in [7, 11) is -8.09. The summed E-state index contributed by atoms with van der Waals surface area (Å²) in [5.74, 6) is -1.43. The van der Waals surface area contributed by atoms with Gasteiger partial charge in [0.05, 0.1) is 17.7 Å². The minimum atomic E-state index is -4.43. The molecule has 0 radical (unpaired) electrons. The molecule has 39 heavy (non-hydrogen) atoms. The molecule has 0 saturated heterocycles. The van der Waals surface area contributed by atoms with E-state index >= 15 is 0 Å². The molecule has 1 aromatic carbocycles. The Morgan fingerprint density at radius 2 is 1.95 bits per heavy atom. The quantitative estimate of drug-likeness (QED) is 0.359. The lowest BCUT2D eigenvalue weighted by atomic mass is 10.1. The third-order valence-electron chi connectivity index (χ3n) is 5.47. The molecule has 3 N–H and O–H groups in total. The van der Waals surface area contributed by atoms with Gasteiger partial charge in [0, 0.05) is 11.4 Å². The van der Waals surface area contributed by atoms with Crippen molar-refractivity contribution in [3.05, 3.63) is 91.5 Å². The van der Waals surface area contributed by atoms with Crippen LogP contribution in [0, 0.1) is 5.82 Å². The van der Waals surface area contributed by atoms with Crippen molar-refractivity contribution >= 4 is 37.2 Å². The topological polar surface area (TPSA) is 160 Å². The number of allylic oxidation sites excluding steroid dienone is 3. The van der Waals surface area contributed by atoms with Crippen molar-refractivity contribution in [2.24, 2.45) is 4.40 Å². The molecular weight excluding hydrogens is 569 g/mol. The molecule has 4 rings (SSSR count). The lowest BCUT2D eigenvalue weighted by molar-refractivity contribution is 0.464. The molecule has 0 unspecified atom stereocenters. The maximum Gasteiger partial charge on any atom is 0.286 e. The number of thiophene rings is 1. The zero-order valence-corrected chi connectivity index (χ0v) is 23.4. The third kappa shape index (κ3) is 6.26. The highest BCUT2D eigenvalue weighted by Gasteiger charge is 2.31. The largest absolute Gasteiger partial charge is 0.505 e. The second-order valence-corrected chi connectivity index (χ2v) is 12.8. The molecule has 2 aromatic heterocycles. The summed E-state index contributed by atoms with van der Waals surface area (Å²) in [6.07, 6.45) is 2.19. The summed E-state index contributed by atoms with van der Waals surface area (Å²) in [5.41, 5.74) is -0.503. The Hall–Kier alpha value is -3.82. The predicted molar refractivity (Wildman–Crippen MR) is 147 cm³/mol. The fourth-order valence-corrected chi connectivity index (χ4v) is 6.49. The highest BCUT2D eigenvalue weighted by molar-refractivity contribution is 7.94. The Morgan fingerprint density at radius 1 is 1.26 bits per heavy atom. The normalized spacial score (nSPS) is 15.6. The van der Waals surface area contributed by atoms with Crippen molar-refractivity contribution in [1.29, 1.82) is 0 Å². The van der Waals surface area contributed by atoms with Gasteiger partial charge in [-0.2, -0.15) is 13.5 Å². The number of hydrogen-bond donors (Lipinski definition) is 3. The van der Waals surface area contributed by atoms with Gasteiger partial charge in [-0.05, 0) is 48.6 Å². The van der Waals surface area contributed by atoms with Crippen molar-refractivity contribution in [1.82, 2.24) is 19.8 Å². The van der Waals surface area contributed by atoms with Crippen LogP contribution in [0.4, 0.5) is 4.39 Å². The summed E-state index contributed by atoms with van der Waals surface area (Å²) < 4.78 is 70.0. The van der Waals surface area contributed by atoms with E-state index in [4.69, 9.17) is 0 Å². The van der Waals surface area contributed by atoms with Crippen molar-refractivity contribution in [2.45, 2.75) is 26.8 Å². The van der Waals surface area contributed by atoms with E-state index in [1.54, 1.807) is 24.4 Å². The Balaban J connectivity index is 1.88. The summed E-state index contributed by atoms with van der Waals surface area (Å²) in [6, 6.07) is 8.81. The van der Waals surface area contributed by atoms with Gasteiger partial charge in [0.2, 0.25) is 10.0 Å². The molecule has 0 amide bonds. The molecule has 0 fully saturated rings. The first-order valence-electron chi connectivity index (χ1n) is 11.4. The van der Waals surface area contributed by atoms with Crippen LogP contribution in [0.25, 0.3) is 10.6 Å². The van der Waals surface area contributed by atoms with Crippen LogP contribution in [0.15, 0.2) is 73.3 Å². The summed E-state index contributed by atoms with van der Waals surface area (Å²) in [6.45, 7) is 2.95. The number of halogens is 1. The number of aromatic hydroxyl groups is 1. The van der Waals surface area contributed by atoms with Crippen molar-refractivity contribution in [3.63, 3.8) is 0 Å². The number of nitrogens with one attached hydrogen (secondary N) is 2. The van der Waals surface area contributed by atoms with Crippen LogP contribution >= 0.6 is 11.3 Å². The van der Waals surface area contributed by atoms with Crippen LogP contribution in [0.5, 0.6) is 5.75 Å². The van der Waals surface area contributed by atoms with Gasteiger partial charge in [0.15, 0.2) is 11.6 Å². The van der Waals surface area contributed by atoms with Gasteiger partial charge in [-0.25, -0.2) is 17.5 Å². The molecule has 0 aliphatic carbocycles. The Bertz CT molecular complexity index is 1790. The SMILES string of the molecule is CCC1=C(/C=C(\C)NS(C)(=O)=O)S(=O)(=O)N=C(c2c(O)c(-c3cccs3)nn(Cc3ccc(F)cc3)c2=O)N1. The second kappa shape index (κ2) is 10.7. The minimum absolute atomic E-state index is 0.0320. The molecule has 206 valence electrons. The molecule has 3 heterocycles. The van der Waals surface area contributed by atoms with Crippen LogP contribution in [-0.4, -0.2) is 43.8 Å². The van der Waals surface area contributed by atoms with E-state index in [-0.39, 0.29) is 35.0 Å². The molecule has 3 aromatic rings. The Morgan fingerprint density at radius 3 is 2.54 bits per heavy atom. The van der Waals surface area contributed by atoms with Crippen molar-refractivity contribution in [3.8, 4) is 16.3 Å². The number of nitrogens with zero attached hydrogens (tertiary/aromatic N) is 3. The number of aromatic nitrogens is 2. The van der Waals surface area contributed by atoms with E-state index < -0.39 is 48.6 Å².